The fourth-order valence-electron chi connectivity index (χ4n) is 3.20. The van der Waals surface area contributed by atoms with E-state index in [0.29, 0.717) is 22.6 Å². The first-order chi connectivity index (χ1) is 15.9. The average Bonchev–Trinajstić information content (AvgIpc) is 2.81. The van der Waals surface area contributed by atoms with E-state index in [-0.39, 0.29) is 16.5 Å². The van der Waals surface area contributed by atoms with E-state index in [4.69, 9.17) is 0 Å². The Hall–Kier alpha value is -4.04. The number of hydrogen-bond acceptors (Lipinski definition) is 4. The molecule has 0 fully saturated rings. The first-order valence-corrected chi connectivity index (χ1v) is 11.7. The van der Waals surface area contributed by atoms with Crippen LogP contribution in [0.1, 0.15) is 5.56 Å². The lowest BCUT2D eigenvalue weighted by Gasteiger charge is -2.09. The Bertz CT molecular complexity index is 1360. The zero-order valence-electron chi connectivity index (χ0n) is 17.4. The van der Waals surface area contributed by atoms with Gasteiger partial charge in [0, 0.05) is 11.9 Å². The van der Waals surface area contributed by atoms with Gasteiger partial charge in [-0.2, -0.15) is 0 Å². The predicted molar refractivity (Wildman–Crippen MR) is 126 cm³/mol. The Labute approximate surface area is 191 Å². The third-order valence-electron chi connectivity index (χ3n) is 4.83. The molecular formula is C25H20FN3O3S. The van der Waals surface area contributed by atoms with Crippen LogP contribution in [0.25, 0.3) is 11.1 Å². The molecule has 1 aromatic heterocycles. The number of anilines is 2. The second-order valence-electron chi connectivity index (χ2n) is 7.29. The van der Waals surface area contributed by atoms with Gasteiger partial charge in [-0.25, -0.2) is 22.6 Å². The number of sulfone groups is 1. The van der Waals surface area contributed by atoms with Crippen molar-refractivity contribution < 1.29 is 17.6 Å². The number of urea groups is 1. The van der Waals surface area contributed by atoms with Crippen molar-refractivity contribution in [2.75, 3.05) is 10.6 Å². The molecule has 2 amide bonds. The average molecular weight is 462 g/mol. The number of nitrogens with zero attached hydrogens (tertiary/aromatic N) is 1. The fraction of sp³-hybridized carbons (Fsp3) is 0.0400. The van der Waals surface area contributed by atoms with Crippen LogP contribution >= 0.6 is 0 Å². The molecule has 0 unspecified atom stereocenters. The molecule has 0 saturated carbocycles. The van der Waals surface area contributed by atoms with Gasteiger partial charge in [0.1, 0.15) is 11.6 Å². The van der Waals surface area contributed by atoms with Gasteiger partial charge in [-0.3, -0.25) is 5.32 Å². The summed E-state index contributed by atoms with van der Waals surface area (Å²) in [5.74, 6) is -0.308. The van der Waals surface area contributed by atoms with Gasteiger partial charge in [0.25, 0.3) is 0 Å². The summed E-state index contributed by atoms with van der Waals surface area (Å²) in [5, 5.41) is 5.28. The second-order valence-corrected chi connectivity index (χ2v) is 9.28. The summed E-state index contributed by atoms with van der Waals surface area (Å²) in [7, 11) is -3.64. The minimum atomic E-state index is -3.64. The molecule has 33 heavy (non-hydrogen) atoms. The van der Waals surface area contributed by atoms with Crippen molar-refractivity contribution in [2.24, 2.45) is 0 Å². The van der Waals surface area contributed by atoms with Crippen LogP contribution in [-0.4, -0.2) is 19.4 Å². The van der Waals surface area contributed by atoms with Gasteiger partial charge >= 0.3 is 6.03 Å². The minimum absolute atomic E-state index is 0.161. The maximum absolute atomic E-state index is 13.2. The smallest absolute Gasteiger partial charge is 0.308 e. The van der Waals surface area contributed by atoms with Gasteiger partial charge in [0.05, 0.1) is 10.6 Å². The molecule has 0 aliphatic carbocycles. The molecule has 0 spiro atoms. The number of aromatic nitrogens is 1. The molecule has 0 saturated heterocycles. The molecule has 4 aromatic rings. The predicted octanol–water partition coefficient (Wildman–Crippen LogP) is 5.51. The summed E-state index contributed by atoms with van der Waals surface area (Å²) in [6, 6.07) is 24.1. The Kier molecular flexibility index (Phi) is 6.46. The Balaban J connectivity index is 1.43. The molecular weight excluding hydrogens is 441 g/mol. The van der Waals surface area contributed by atoms with Gasteiger partial charge in [0.2, 0.25) is 0 Å². The topological polar surface area (TPSA) is 88.2 Å². The zero-order valence-corrected chi connectivity index (χ0v) is 18.2. The zero-order chi connectivity index (χ0) is 23.3. The molecule has 0 aliphatic rings. The van der Waals surface area contributed by atoms with Crippen LogP contribution < -0.4 is 10.6 Å². The molecule has 4 rings (SSSR count). The molecule has 0 aliphatic heterocycles. The number of carbonyl (C=O) groups is 1. The first kappa shape index (κ1) is 22.2. The quantitative estimate of drug-likeness (QED) is 0.397. The highest BCUT2D eigenvalue weighted by Crippen LogP contribution is 2.25. The number of benzene rings is 3. The van der Waals surface area contributed by atoms with Gasteiger partial charge < -0.3 is 5.32 Å². The van der Waals surface area contributed by atoms with E-state index in [1.165, 1.54) is 24.4 Å². The molecule has 0 radical (unpaired) electrons. The lowest BCUT2D eigenvalue weighted by atomic mass is 10.1. The van der Waals surface area contributed by atoms with Crippen molar-refractivity contribution >= 4 is 27.4 Å². The summed E-state index contributed by atoms with van der Waals surface area (Å²) in [6.07, 6.45) is 1.42. The summed E-state index contributed by atoms with van der Waals surface area (Å²) < 4.78 is 39.1. The lowest BCUT2D eigenvalue weighted by Crippen LogP contribution is -2.20. The highest BCUT2D eigenvalue weighted by atomic mass is 32.2. The first-order valence-electron chi connectivity index (χ1n) is 10.1. The van der Waals surface area contributed by atoms with E-state index < -0.39 is 15.9 Å². The molecule has 6 nitrogen and oxygen atoms in total. The highest BCUT2D eigenvalue weighted by molar-refractivity contribution is 7.90. The molecule has 166 valence electrons. The van der Waals surface area contributed by atoms with Crippen molar-refractivity contribution in [3.63, 3.8) is 0 Å². The number of amides is 2. The second kappa shape index (κ2) is 9.62. The standard InChI is InChI=1S/C25H20FN3O3S/c26-21-12-10-19(11-13-21)20-5-4-8-23(15-20)33(31,32)17-18-9-14-24(27-16-18)29-25(30)28-22-6-2-1-3-7-22/h1-16H,17H2,(H2,27,28,29,30). The maximum atomic E-state index is 13.2. The van der Waals surface area contributed by atoms with Crippen molar-refractivity contribution in [2.45, 2.75) is 10.6 Å². The number of pyridine rings is 1. The van der Waals surface area contributed by atoms with Crippen LogP contribution in [0, 0.1) is 5.82 Å². The highest BCUT2D eigenvalue weighted by Gasteiger charge is 2.17. The monoisotopic (exact) mass is 461 g/mol. The van der Waals surface area contributed by atoms with E-state index in [1.807, 2.05) is 6.07 Å². The number of para-hydroxylation sites is 1. The van der Waals surface area contributed by atoms with Crippen LogP contribution in [0.15, 0.2) is 102 Å². The van der Waals surface area contributed by atoms with E-state index in [2.05, 4.69) is 15.6 Å². The van der Waals surface area contributed by atoms with Gasteiger partial charge in [-0.1, -0.05) is 48.5 Å². The number of nitrogens with one attached hydrogen (secondary N) is 2. The van der Waals surface area contributed by atoms with E-state index in [9.17, 15) is 17.6 Å². The van der Waals surface area contributed by atoms with Crippen molar-refractivity contribution in [1.82, 2.24) is 4.98 Å². The van der Waals surface area contributed by atoms with Crippen LogP contribution in [0.5, 0.6) is 0 Å². The molecule has 0 bridgehead atoms. The largest absolute Gasteiger partial charge is 0.324 e. The van der Waals surface area contributed by atoms with Crippen LogP contribution in [0.4, 0.5) is 20.7 Å². The van der Waals surface area contributed by atoms with Gasteiger partial charge in [-0.15, -0.1) is 0 Å². The van der Waals surface area contributed by atoms with E-state index >= 15 is 0 Å². The normalized spacial score (nSPS) is 11.1. The fourth-order valence-corrected chi connectivity index (χ4v) is 4.57. The molecule has 0 atom stereocenters. The summed E-state index contributed by atoms with van der Waals surface area (Å²) in [5.41, 5.74) is 2.52. The van der Waals surface area contributed by atoms with Crippen LogP contribution in [0.2, 0.25) is 0 Å². The summed E-state index contributed by atoms with van der Waals surface area (Å²) in [6.45, 7) is 0. The minimum Gasteiger partial charge on any atom is -0.308 e. The molecule has 3 aromatic carbocycles. The van der Waals surface area contributed by atoms with Crippen LogP contribution in [0.3, 0.4) is 0 Å². The lowest BCUT2D eigenvalue weighted by molar-refractivity contribution is 0.262. The van der Waals surface area contributed by atoms with E-state index in [0.717, 1.165) is 5.56 Å². The van der Waals surface area contributed by atoms with Gasteiger partial charge in [-0.05, 0) is 59.2 Å². The third kappa shape index (κ3) is 5.81. The molecule has 1 heterocycles. The number of rotatable bonds is 6. The Morgan fingerprint density at radius 3 is 2.27 bits per heavy atom. The maximum Gasteiger partial charge on any atom is 0.324 e. The van der Waals surface area contributed by atoms with E-state index in [1.54, 1.807) is 66.7 Å². The number of hydrogen-bond donors (Lipinski definition) is 2. The molecule has 8 heteroatoms. The van der Waals surface area contributed by atoms with Crippen molar-refractivity contribution in [3.05, 3.63) is 109 Å². The number of carbonyl (C=O) groups excluding carboxylic acids is 1. The van der Waals surface area contributed by atoms with Crippen LogP contribution in [-0.2, 0) is 15.6 Å². The van der Waals surface area contributed by atoms with Gasteiger partial charge in [0.15, 0.2) is 9.84 Å². The van der Waals surface area contributed by atoms with Crippen molar-refractivity contribution in [3.8, 4) is 11.1 Å². The summed E-state index contributed by atoms with van der Waals surface area (Å²) >= 11 is 0. The Morgan fingerprint density at radius 1 is 0.818 bits per heavy atom. The number of halogens is 1. The Morgan fingerprint density at radius 2 is 1.58 bits per heavy atom. The van der Waals surface area contributed by atoms with Crippen molar-refractivity contribution in [1.29, 1.82) is 0 Å². The SMILES string of the molecule is O=C(Nc1ccccc1)Nc1ccc(CS(=O)(=O)c2cccc(-c3ccc(F)cc3)c2)cn1. The molecule has 2 N–H and O–H groups in total. The summed E-state index contributed by atoms with van der Waals surface area (Å²) in [4.78, 5) is 16.4. The third-order valence-corrected chi connectivity index (χ3v) is 6.51.